The van der Waals surface area contributed by atoms with Crippen LogP contribution in [0.3, 0.4) is 0 Å². The van der Waals surface area contributed by atoms with E-state index >= 15 is 0 Å². The molecular weight excluding hydrogens is 190 g/mol. The van der Waals surface area contributed by atoms with Gasteiger partial charge in [-0.05, 0) is 6.92 Å². The molecule has 0 atom stereocenters. The normalized spacial score (nSPS) is 11.3. The average Bonchev–Trinajstić information content (AvgIpc) is 2.70. The van der Waals surface area contributed by atoms with Crippen LogP contribution < -0.4 is 0 Å². The molecule has 0 radical (unpaired) electrons. The highest BCUT2D eigenvalue weighted by Gasteiger charge is 2.05. The summed E-state index contributed by atoms with van der Waals surface area (Å²) in [7, 11) is 1.76. The first-order chi connectivity index (χ1) is 7.24. The third-order valence-electron chi connectivity index (χ3n) is 1.89. The zero-order chi connectivity index (χ0) is 11.1. The summed E-state index contributed by atoms with van der Waals surface area (Å²) in [5, 5.41) is 6.53. The molecule has 0 aromatic carbocycles. The molecule has 0 aliphatic heterocycles. The Hall–Kier alpha value is -1.84. The number of carbonyl (C=O) groups excluding carboxylic acids is 1. The van der Waals surface area contributed by atoms with E-state index in [1.54, 1.807) is 36.5 Å². The fourth-order valence-electron chi connectivity index (χ4n) is 1.09. The molecule has 0 spiro atoms. The Morgan fingerprint density at radius 1 is 1.60 bits per heavy atom. The summed E-state index contributed by atoms with van der Waals surface area (Å²) >= 11 is 0. The average molecular weight is 205 g/mol. The molecule has 1 amide bonds. The van der Waals surface area contributed by atoms with Crippen molar-refractivity contribution in [3.8, 4) is 0 Å². The van der Waals surface area contributed by atoms with Gasteiger partial charge in [0.25, 0.3) is 0 Å². The third kappa shape index (κ3) is 3.81. The van der Waals surface area contributed by atoms with Gasteiger partial charge in [0.2, 0.25) is 5.91 Å². The Labute approximate surface area is 89.3 Å². The van der Waals surface area contributed by atoms with Gasteiger partial charge in [-0.3, -0.25) is 9.89 Å². The van der Waals surface area contributed by atoms with Gasteiger partial charge in [-0.15, -0.1) is 0 Å². The van der Waals surface area contributed by atoms with Crippen LogP contribution in [0.15, 0.2) is 36.7 Å². The molecule has 1 rings (SSSR count). The van der Waals surface area contributed by atoms with Crippen LogP contribution in [0.5, 0.6) is 0 Å². The van der Waals surface area contributed by atoms with Gasteiger partial charge in [0.1, 0.15) is 0 Å². The maximum atomic E-state index is 11.5. The number of aromatic nitrogens is 2. The highest BCUT2D eigenvalue weighted by molar-refractivity contribution is 5.87. The SMILES string of the molecule is CC=CC=CC(=O)N(C)Cc1cn[nH]c1. The number of rotatable bonds is 4. The van der Waals surface area contributed by atoms with Gasteiger partial charge in [-0.25, -0.2) is 0 Å². The molecule has 4 heteroatoms. The van der Waals surface area contributed by atoms with Crippen LogP contribution in [-0.2, 0) is 11.3 Å². The number of hydrogen-bond donors (Lipinski definition) is 1. The van der Waals surface area contributed by atoms with Crippen LogP contribution in [0.25, 0.3) is 0 Å². The Bertz CT molecular complexity index is 352. The molecule has 0 aliphatic carbocycles. The minimum absolute atomic E-state index is 0.0192. The predicted molar refractivity (Wildman–Crippen MR) is 59.0 cm³/mol. The molecule has 0 bridgehead atoms. The molecule has 1 aromatic rings. The highest BCUT2D eigenvalue weighted by atomic mass is 16.2. The lowest BCUT2D eigenvalue weighted by molar-refractivity contribution is -0.125. The monoisotopic (exact) mass is 205 g/mol. The summed E-state index contributed by atoms with van der Waals surface area (Å²) in [5.41, 5.74) is 0.991. The predicted octanol–water partition coefficient (Wildman–Crippen LogP) is 1.50. The lowest BCUT2D eigenvalue weighted by Gasteiger charge is -2.13. The van der Waals surface area contributed by atoms with Crippen LogP contribution in [0.2, 0.25) is 0 Å². The van der Waals surface area contributed by atoms with Crippen LogP contribution in [0, 0.1) is 0 Å². The smallest absolute Gasteiger partial charge is 0.246 e. The van der Waals surface area contributed by atoms with Crippen molar-refractivity contribution >= 4 is 5.91 Å². The largest absolute Gasteiger partial charge is 0.338 e. The van der Waals surface area contributed by atoms with E-state index in [2.05, 4.69) is 10.2 Å². The third-order valence-corrected chi connectivity index (χ3v) is 1.89. The van der Waals surface area contributed by atoms with E-state index in [9.17, 15) is 4.79 Å². The Morgan fingerprint density at radius 3 is 3.00 bits per heavy atom. The Balaban J connectivity index is 2.46. The van der Waals surface area contributed by atoms with E-state index in [0.29, 0.717) is 6.54 Å². The summed E-state index contributed by atoms with van der Waals surface area (Å²) in [6, 6.07) is 0. The number of nitrogens with one attached hydrogen (secondary N) is 1. The van der Waals surface area contributed by atoms with Crippen molar-refractivity contribution in [3.05, 3.63) is 42.3 Å². The highest BCUT2D eigenvalue weighted by Crippen LogP contribution is 2.00. The summed E-state index contributed by atoms with van der Waals surface area (Å²) < 4.78 is 0. The maximum Gasteiger partial charge on any atom is 0.246 e. The molecule has 0 aliphatic rings. The number of allylic oxidation sites excluding steroid dienone is 3. The van der Waals surface area contributed by atoms with Gasteiger partial charge in [-0.1, -0.05) is 18.2 Å². The number of aromatic amines is 1. The van der Waals surface area contributed by atoms with E-state index in [1.807, 2.05) is 19.1 Å². The van der Waals surface area contributed by atoms with Gasteiger partial charge in [0.15, 0.2) is 0 Å². The molecule has 1 heterocycles. The standard InChI is InChI=1S/C11H15N3O/c1-3-4-5-6-11(15)14(2)9-10-7-12-13-8-10/h3-8H,9H2,1-2H3,(H,12,13). The summed E-state index contributed by atoms with van der Waals surface area (Å²) in [6.45, 7) is 2.47. The zero-order valence-corrected chi connectivity index (χ0v) is 8.97. The quantitative estimate of drug-likeness (QED) is 0.598. The molecule has 0 saturated heterocycles. The van der Waals surface area contributed by atoms with Crippen LogP contribution in [0.4, 0.5) is 0 Å². The molecule has 0 unspecified atom stereocenters. The fraction of sp³-hybridized carbons (Fsp3) is 0.273. The minimum Gasteiger partial charge on any atom is -0.338 e. The minimum atomic E-state index is -0.0192. The number of H-pyrrole nitrogens is 1. The topological polar surface area (TPSA) is 49.0 Å². The van der Waals surface area contributed by atoms with Crippen molar-refractivity contribution in [2.24, 2.45) is 0 Å². The number of carbonyl (C=O) groups is 1. The first-order valence-corrected chi connectivity index (χ1v) is 4.76. The Morgan fingerprint density at radius 2 is 2.40 bits per heavy atom. The second kappa shape index (κ2) is 5.80. The van der Waals surface area contributed by atoms with Crippen LogP contribution in [-0.4, -0.2) is 28.1 Å². The van der Waals surface area contributed by atoms with Crippen LogP contribution >= 0.6 is 0 Å². The van der Waals surface area contributed by atoms with Gasteiger partial charge in [0, 0.05) is 31.4 Å². The first-order valence-electron chi connectivity index (χ1n) is 4.76. The number of nitrogens with zero attached hydrogens (tertiary/aromatic N) is 2. The van der Waals surface area contributed by atoms with Crippen molar-refractivity contribution in [2.45, 2.75) is 13.5 Å². The first kappa shape index (κ1) is 11.2. The second-order valence-corrected chi connectivity index (χ2v) is 3.19. The van der Waals surface area contributed by atoms with Gasteiger partial charge < -0.3 is 4.90 Å². The van der Waals surface area contributed by atoms with E-state index < -0.39 is 0 Å². The molecule has 0 saturated carbocycles. The summed E-state index contributed by atoms with van der Waals surface area (Å²) in [6.07, 6.45) is 10.5. The van der Waals surface area contributed by atoms with Crippen LogP contribution in [0.1, 0.15) is 12.5 Å². The van der Waals surface area contributed by atoms with E-state index in [-0.39, 0.29) is 5.91 Å². The molecule has 0 fully saturated rings. The molecular formula is C11H15N3O. The fourth-order valence-corrected chi connectivity index (χ4v) is 1.09. The van der Waals surface area contributed by atoms with Crippen molar-refractivity contribution in [2.75, 3.05) is 7.05 Å². The van der Waals surface area contributed by atoms with Gasteiger partial charge in [0.05, 0.1) is 6.20 Å². The second-order valence-electron chi connectivity index (χ2n) is 3.19. The van der Waals surface area contributed by atoms with Crippen molar-refractivity contribution in [1.29, 1.82) is 0 Å². The number of amides is 1. The van der Waals surface area contributed by atoms with Crippen molar-refractivity contribution < 1.29 is 4.79 Å². The molecule has 1 N–H and O–H groups in total. The number of hydrogen-bond acceptors (Lipinski definition) is 2. The van der Waals surface area contributed by atoms with Crippen molar-refractivity contribution in [3.63, 3.8) is 0 Å². The molecule has 1 aromatic heterocycles. The summed E-state index contributed by atoms with van der Waals surface area (Å²) in [4.78, 5) is 13.1. The van der Waals surface area contributed by atoms with E-state index in [1.165, 1.54) is 0 Å². The zero-order valence-electron chi connectivity index (χ0n) is 8.97. The molecule has 80 valence electrons. The lowest BCUT2D eigenvalue weighted by atomic mass is 10.3. The maximum absolute atomic E-state index is 11.5. The lowest BCUT2D eigenvalue weighted by Crippen LogP contribution is -2.23. The van der Waals surface area contributed by atoms with Gasteiger partial charge >= 0.3 is 0 Å². The van der Waals surface area contributed by atoms with Crippen molar-refractivity contribution in [1.82, 2.24) is 15.1 Å². The number of likely N-dealkylation sites (N-methyl/N-ethyl adjacent to an activating group) is 1. The van der Waals surface area contributed by atoms with E-state index in [0.717, 1.165) is 5.56 Å². The van der Waals surface area contributed by atoms with E-state index in [4.69, 9.17) is 0 Å². The summed E-state index contributed by atoms with van der Waals surface area (Å²) in [5.74, 6) is -0.0192. The molecule has 4 nitrogen and oxygen atoms in total. The Kier molecular flexibility index (Phi) is 4.34. The van der Waals surface area contributed by atoms with Gasteiger partial charge in [-0.2, -0.15) is 5.10 Å². The molecule has 15 heavy (non-hydrogen) atoms.